The molecule has 0 unspecified atom stereocenters. The van der Waals surface area contributed by atoms with Gasteiger partial charge in [-0.3, -0.25) is 9.59 Å². The molecule has 1 amide bonds. The molecule has 4 heterocycles. The predicted molar refractivity (Wildman–Crippen MR) is 176 cm³/mol. The lowest BCUT2D eigenvalue weighted by Crippen LogP contribution is -2.41. The Balaban J connectivity index is 0.000000193. The number of carbonyl (C=O) groups is 1. The van der Waals surface area contributed by atoms with Gasteiger partial charge in [0.25, 0.3) is 11.1 Å². The number of aromatic nitrogens is 6. The summed E-state index contributed by atoms with van der Waals surface area (Å²) >= 11 is 0. The Kier molecular flexibility index (Phi) is 10.6. The topological polar surface area (TPSA) is 200 Å². The van der Waals surface area contributed by atoms with Crippen molar-refractivity contribution in [1.82, 2.24) is 34.4 Å². The van der Waals surface area contributed by atoms with E-state index in [4.69, 9.17) is 10.5 Å². The Morgan fingerprint density at radius 1 is 0.787 bits per heavy atom. The number of hydrogen-bond acceptors (Lipinski definition) is 11. The highest BCUT2D eigenvalue weighted by molar-refractivity contribution is 5.71. The predicted octanol–water partition coefficient (Wildman–Crippen LogP) is 3.02. The van der Waals surface area contributed by atoms with E-state index in [9.17, 15) is 24.6 Å². The first-order chi connectivity index (χ1) is 22.5. The van der Waals surface area contributed by atoms with Crippen LogP contribution in [-0.2, 0) is 18.0 Å². The third-order valence-corrected chi connectivity index (χ3v) is 8.65. The van der Waals surface area contributed by atoms with Crippen LogP contribution in [0.1, 0.15) is 95.3 Å². The third kappa shape index (κ3) is 8.37. The van der Waals surface area contributed by atoms with Gasteiger partial charge in [0.1, 0.15) is 5.60 Å². The van der Waals surface area contributed by atoms with Crippen molar-refractivity contribution in [3.8, 4) is 0 Å². The van der Waals surface area contributed by atoms with E-state index in [-0.39, 0.29) is 48.5 Å². The first-order valence-electron chi connectivity index (χ1n) is 16.1. The van der Waals surface area contributed by atoms with Crippen molar-refractivity contribution in [3.05, 3.63) is 68.8 Å². The number of amides is 1. The smallest absolute Gasteiger partial charge is 0.407 e. The molecule has 14 heteroatoms. The highest BCUT2D eigenvalue weighted by Crippen LogP contribution is 2.30. The molecule has 2 aliphatic rings. The van der Waals surface area contributed by atoms with E-state index in [1.54, 1.807) is 33.7 Å². The number of ether oxygens (including phenoxy) is 1. The number of nitrogens with zero attached hydrogens (tertiary/aromatic N) is 6. The van der Waals surface area contributed by atoms with Crippen molar-refractivity contribution in [2.75, 3.05) is 0 Å². The van der Waals surface area contributed by atoms with Crippen molar-refractivity contribution < 1.29 is 19.7 Å². The molecule has 2 saturated carbocycles. The van der Waals surface area contributed by atoms with Gasteiger partial charge in [0, 0.05) is 36.6 Å². The van der Waals surface area contributed by atoms with Crippen LogP contribution >= 0.6 is 0 Å². The summed E-state index contributed by atoms with van der Waals surface area (Å²) in [6.45, 7) is 5.26. The average molecular weight is 649 g/mol. The molecular weight excluding hydrogens is 604 g/mol. The maximum Gasteiger partial charge on any atom is 0.407 e. The molecular formula is C33H44N8O6. The normalized spacial score (nSPS) is 21.6. The molecule has 0 spiro atoms. The first-order valence-corrected chi connectivity index (χ1v) is 16.1. The Morgan fingerprint density at radius 2 is 1.21 bits per heavy atom. The molecule has 5 N–H and O–H groups in total. The van der Waals surface area contributed by atoms with Crippen LogP contribution < -0.4 is 22.2 Å². The van der Waals surface area contributed by atoms with Crippen molar-refractivity contribution in [1.29, 1.82) is 0 Å². The van der Waals surface area contributed by atoms with Gasteiger partial charge in [0.15, 0.2) is 11.3 Å². The van der Waals surface area contributed by atoms with Crippen LogP contribution in [0.4, 0.5) is 4.79 Å². The summed E-state index contributed by atoms with van der Waals surface area (Å²) in [7, 11) is 0. The largest absolute Gasteiger partial charge is 0.444 e. The minimum Gasteiger partial charge on any atom is -0.444 e. The van der Waals surface area contributed by atoms with Gasteiger partial charge in [-0.15, -0.1) is 0 Å². The van der Waals surface area contributed by atoms with Crippen molar-refractivity contribution in [3.63, 3.8) is 0 Å². The monoisotopic (exact) mass is 648 g/mol. The molecule has 4 aromatic heterocycles. The number of pyridine rings is 2. The second kappa shape index (κ2) is 14.7. The standard InChI is InChI=1S/C19H26N4O4.C14H18N4O2/c1-19(2,3)27-18(26)22-13-4-6-14(7-5-13)23-15-8-12(11-24)9-20-17(15)21-10-16(23)25;15-10-1-3-11(4-2-10)18-12-5-9(8-19)6-16-14(12)17-7-13(18)20/h8-10,13-14,24H,4-7,11H2,1-3H3,(H,22,26);5-7,10-11,19H,1-4,8,15H2. The van der Waals surface area contributed by atoms with Gasteiger partial charge in [0.2, 0.25) is 0 Å². The molecule has 252 valence electrons. The molecule has 0 saturated heterocycles. The molecule has 4 aromatic rings. The lowest BCUT2D eigenvalue weighted by Gasteiger charge is -2.31. The molecule has 2 aliphatic carbocycles. The van der Waals surface area contributed by atoms with Crippen molar-refractivity contribution in [2.45, 2.75) is 115 Å². The summed E-state index contributed by atoms with van der Waals surface area (Å²) in [5.41, 5.74) is 8.80. The van der Waals surface area contributed by atoms with Gasteiger partial charge in [-0.05, 0) is 95.4 Å². The zero-order valence-electron chi connectivity index (χ0n) is 27.1. The second-order valence-corrected chi connectivity index (χ2v) is 13.3. The highest BCUT2D eigenvalue weighted by Gasteiger charge is 2.27. The average Bonchev–Trinajstić information content (AvgIpc) is 3.04. The van der Waals surface area contributed by atoms with Gasteiger partial charge in [-0.2, -0.15) is 0 Å². The van der Waals surface area contributed by atoms with Crippen LogP contribution in [-0.4, -0.2) is 63.1 Å². The number of alkyl carbamates (subject to hydrolysis) is 1. The fourth-order valence-electron chi connectivity index (χ4n) is 6.36. The zero-order chi connectivity index (χ0) is 33.7. The summed E-state index contributed by atoms with van der Waals surface area (Å²) in [5.74, 6) is 0. The Hall–Kier alpha value is -4.27. The second-order valence-electron chi connectivity index (χ2n) is 13.3. The van der Waals surface area contributed by atoms with Gasteiger partial charge in [-0.1, -0.05) is 0 Å². The van der Waals surface area contributed by atoms with E-state index in [0.717, 1.165) is 51.4 Å². The van der Waals surface area contributed by atoms with Gasteiger partial charge in [0.05, 0.1) is 36.6 Å². The SMILES string of the molecule is CC(C)(C)OC(=O)NC1CCC(n2c(=O)cnc3ncc(CO)cc32)CC1.NC1CCC(n2c(=O)cnc3ncc(CO)cc32)CC1. The fourth-order valence-corrected chi connectivity index (χ4v) is 6.36. The summed E-state index contributed by atoms with van der Waals surface area (Å²) in [6.07, 6.45) is 12.0. The lowest BCUT2D eigenvalue weighted by molar-refractivity contribution is 0.0488. The highest BCUT2D eigenvalue weighted by atomic mass is 16.6. The number of aliphatic hydroxyl groups excluding tert-OH is 2. The Bertz CT molecular complexity index is 1820. The summed E-state index contributed by atoms with van der Waals surface area (Å²) in [5, 5.41) is 21.5. The molecule has 0 bridgehead atoms. The van der Waals surface area contributed by atoms with Crippen LogP contribution in [0.3, 0.4) is 0 Å². The molecule has 6 rings (SSSR count). The van der Waals surface area contributed by atoms with Crippen LogP contribution in [0.2, 0.25) is 0 Å². The molecule has 47 heavy (non-hydrogen) atoms. The minimum absolute atomic E-state index is 0.00966. The van der Waals surface area contributed by atoms with Crippen molar-refractivity contribution >= 4 is 28.4 Å². The zero-order valence-corrected chi connectivity index (χ0v) is 27.1. The van der Waals surface area contributed by atoms with Gasteiger partial charge in [-0.25, -0.2) is 24.7 Å². The fraction of sp³-hybridized carbons (Fsp3) is 0.545. The molecule has 0 aromatic carbocycles. The van der Waals surface area contributed by atoms with Gasteiger partial charge < -0.3 is 35.1 Å². The number of fused-ring (bicyclic) bond motifs is 2. The van der Waals surface area contributed by atoms with Crippen molar-refractivity contribution in [2.24, 2.45) is 5.73 Å². The number of aliphatic hydroxyl groups is 2. The molecule has 0 atom stereocenters. The van der Waals surface area contributed by atoms with E-state index in [1.807, 2.05) is 20.8 Å². The Morgan fingerprint density at radius 3 is 1.64 bits per heavy atom. The van der Waals surface area contributed by atoms with Crippen LogP contribution in [0, 0.1) is 0 Å². The summed E-state index contributed by atoms with van der Waals surface area (Å²) in [6, 6.07) is 3.98. The van der Waals surface area contributed by atoms with E-state index in [2.05, 4.69) is 25.3 Å². The van der Waals surface area contributed by atoms with E-state index >= 15 is 0 Å². The quantitative estimate of drug-likeness (QED) is 0.248. The molecule has 14 nitrogen and oxygen atoms in total. The lowest BCUT2D eigenvalue weighted by atomic mass is 9.91. The van der Waals surface area contributed by atoms with E-state index in [1.165, 1.54) is 12.4 Å². The van der Waals surface area contributed by atoms with E-state index in [0.29, 0.717) is 33.5 Å². The number of carbonyl (C=O) groups excluding carboxylic acids is 1. The number of nitrogens with one attached hydrogen (secondary N) is 1. The van der Waals surface area contributed by atoms with Crippen LogP contribution in [0.25, 0.3) is 22.3 Å². The van der Waals surface area contributed by atoms with Crippen LogP contribution in [0.15, 0.2) is 46.5 Å². The number of nitrogens with two attached hydrogens (primary N) is 1. The Labute approximate surface area is 272 Å². The maximum absolute atomic E-state index is 12.5. The third-order valence-electron chi connectivity index (χ3n) is 8.65. The van der Waals surface area contributed by atoms with Gasteiger partial charge >= 0.3 is 6.09 Å². The van der Waals surface area contributed by atoms with Crippen LogP contribution in [0.5, 0.6) is 0 Å². The molecule has 2 fully saturated rings. The first kappa shape index (κ1) is 34.1. The number of rotatable bonds is 5. The summed E-state index contributed by atoms with van der Waals surface area (Å²) in [4.78, 5) is 53.2. The molecule has 0 radical (unpaired) electrons. The van der Waals surface area contributed by atoms with E-state index < -0.39 is 11.7 Å². The molecule has 0 aliphatic heterocycles. The maximum atomic E-state index is 12.5. The minimum atomic E-state index is -0.526. The number of hydrogen-bond donors (Lipinski definition) is 4. The summed E-state index contributed by atoms with van der Waals surface area (Å²) < 4.78 is 8.79.